The summed E-state index contributed by atoms with van der Waals surface area (Å²) in [5, 5.41) is 4.20. The Kier molecular flexibility index (Phi) is 4.90. The minimum atomic E-state index is -0.296. The molecule has 0 bridgehead atoms. The number of anilines is 1. The van der Waals surface area contributed by atoms with Crippen molar-refractivity contribution >= 4 is 28.4 Å². The van der Waals surface area contributed by atoms with Gasteiger partial charge in [-0.3, -0.25) is 9.59 Å². The number of aromatic nitrogens is 1. The van der Waals surface area contributed by atoms with E-state index < -0.39 is 0 Å². The molecular weight excluding hydrogens is 350 g/mol. The molecule has 2 amide bonds. The number of para-hydroxylation sites is 1. The van der Waals surface area contributed by atoms with Gasteiger partial charge in [-0.15, -0.1) is 0 Å². The summed E-state index contributed by atoms with van der Waals surface area (Å²) in [4.78, 5) is 30.2. The Labute approximate surface area is 164 Å². The van der Waals surface area contributed by atoms with E-state index in [1.54, 1.807) is 0 Å². The second-order valence-electron chi connectivity index (χ2n) is 7.59. The number of rotatable bonds is 5. The van der Waals surface area contributed by atoms with E-state index in [9.17, 15) is 9.59 Å². The lowest BCUT2D eigenvalue weighted by atomic mass is 10.1. The fourth-order valence-electron chi connectivity index (χ4n) is 3.88. The number of aromatic amines is 1. The molecule has 144 valence electrons. The molecule has 2 aromatic carbocycles. The third kappa shape index (κ3) is 3.52. The molecule has 1 atom stereocenters. The van der Waals surface area contributed by atoms with Gasteiger partial charge in [-0.05, 0) is 49.1 Å². The fraction of sp³-hybridized carbons (Fsp3) is 0.304. The summed E-state index contributed by atoms with van der Waals surface area (Å²) >= 11 is 0. The number of carbonyl (C=O) groups is 2. The Morgan fingerprint density at radius 1 is 1.18 bits per heavy atom. The molecule has 2 heterocycles. The maximum absolute atomic E-state index is 12.7. The largest absolute Gasteiger partial charge is 0.361 e. The van der Waals surface area contributed by atoms with Crippen molar-refractivity contribution in [1.82, 2.24) is 9.88 Å². The first-order chi connectivity index (χ1) is 13.5. The van der Waals surface area contributed by atoms with Crippen LogP contribution < -0.4 is 5.32 Å². The molecule has 1 aliphatic rings. The van der Waals surface area contributed by atoms with Crippen molar-refractivity contribution in [3.63, 3.8) is 0 Å². The van der Waals surface area contributed by atoms with Crippen molar-refractivity contribution in [2.45, 2.75) is 26.7 Å². The second kappa shape index (κ2) is 7.50. The molecule has 28 heavy (non-hydrogen) atoms. The summed E-state index contributed by atoms with van der Waals surface area (Å²) in [6, 6.07) is 14.0. The van der Waals surface area contributed by atoms with Crippen LogP contribution in [-0.2, 0) is 16.0 Å². The van der Waals surface area contributed by atoms with Gasteiger partial charge in [0.05, 0.1) is 5.92 Å². The van der Waals surface area contributed by atoms with E-state index in [1.807, 2.05) is 61.3 Å². The quantitative estimate of drug-likeness (QED) is 0.712. The maximum Gasteiger partial charge on any atom is 0.229 e. The van der Waals surface area contributed by atoms with Gasteiger partial charge in [-0.25, -0.2) is 0 Å². The van der Waals surface area contributed by atoms with Crippen molar-refractivity contribution in [1.29, 1.82) is 0 Å². The summed E-state index contributed by atoms with van der Waals surface area (Å²) < 4.78 is 0. The molecule has 1 aromatic heterocycles. The number of benzene rings is 2. The van der Waals surface area contributed by atoms with Gasteiger partial charge >= 0.3 is 0 Å². The highest BCUT2D eigenvalue weighted by atomic mass is 16.2. The molecule has 0 saturated carbocycles. The third-order valence-electron chi connectivity index (χ3n) is 5.77. The first-order valence-electron chi connectivity index (χ1n) is 9.73. The SMILES string of the molecule is Cc1cccc(NC(=O)C2CC(=O)N(CCc3c[nH]c4ccccc34)C2)c1C. The third-order valence-corrected chi connectivity index (χ3v) is 5.77. The van der Waals surface area contributed by atoms with Crippen LogP contribution in [0, 0.1) is 19.8 Å². The van der Waals surface area contributed by atoms with Gasteiger partial charge in [0.15, 0.2) is 0 Å². The monoisotopic (exact) mass is 375 g/mol. The second-order valence-corrected chi connectivity index (χ2v) is 7.59. The number of hydrogen-bond acceptors (Lipinski definition) is 2. The van der Waals surface area contributed by atoms with Crippen molar-refractivity contribution < 1.29 is 9.59 Å². The standard InChI is InChI=1S/C23H25N3O2/c1-15-6-5-9-20(16(15)2)25-23(28)18-12-22(27)26(14-18)11-10-17-13-24-21-8-4-3-7-19(17)21/h3-9,13,18,24H,10-12,14H2,1-2H3,(H,25,28). The van der Waals surface area contributed by atoms with Crippen LogP contribution in [0.3, 0.4) is 0 Å². The predicted octanol–water partition coefficient (Wildman–Crippen LogP) is 3.81. The number of fused-ring (bicyclic) bond motifs is 1. The average Bonchev–Trinajstić information content (AvgIpc) is 3.27. The molecule has 5 heteroatoms. The minimum absolute atomic E-state index is 0.0564. The molecule has 1 fully saturated rings. The Morgan fingerprint density at radius 2 is 2.00 bits per heavy atom. The van der Waals surface area contributed by atoms with Crippen LogP contribution in [0.4, 0.5) is 5.69 Å². The van der Waals surface area contributed by atoms with E-state index in [1.165, 1.54) is 10.9 Å². The Morgan fingerprint density at radius 3 is 2.86 bits per heavy atom. The van der Waals surface area contributed by atoms with Gasteiger partial charge in [0.2, 0.25) is 11.8 Å². The Balaban J connectivity index is 1.38. The van der Waals surface area contributed by atoms with Crippen molar-refractivity contribution in [2.24, 2.45) is 5.92 Å². The average molecular weight is 375 g/mol. The van der Waals surface area contributed by atoms with E-state index in [0.29, 0.717) is 13.1 Å². The number of H-pyrrole nitrogens is 1. The van der Waals surface area contributed by atoms with E-state index >= 15 is 0 Å². The molecule has 2 N–H and O–H groups in total. The highest BCUT2D eigenvalue weighted by molar-refractivity contribution is 5.97. The van der Waals surface area contributed by atoms with Gasteiger partial charge in [0.25, 0.3) is 0 Å². The molecule has 0 aliphatic carbocycles. The first-order valence-corrected chi connectivity index (χ1v) is 9.73. The molecule has 1 unspecified atom stereocenters. The molecular formula is C23H25N3O2. The molecule has 1 saturated heterocycles. The first kappa shape index (κ1) is 18.3. The topological polar surface area (TPSA) is 65.2 Å². The van der Waals surface area contributed by atoms with Gasteiger partial charge in [0, 0.05) is 42.3 Å². The van der Waals surface area contributed by atoms with Crippen LogP contribution in [-0.4, -0.2) is 34.8 Å². The summed E-state index contributed by atoms with van der Waals surface area (Å²) in [5.41, 5.74) is 5.34. The van der Waals surface area contributed by atoms with Crippen molar-refractivity contribution in [3.8, 4) is 0 Å². The zero-order chi connectivity index (χ0) is 19.7. The Bertz CT molecular complexity index is 1040. The van der Waals surface area contributed by atoms with Crippen LogP contribution >= 0.6 is 0 Å². The number of aryl methyl sites for hydroxylation is 1. The number of likely N-dealkylation sites (tertiary alicyclic amines) is 1. The Hall–Kier alpha value is -3.08. The minimum Gasteiger partial charge on any atom is -0.361 e. The fourth-order valence-corrected chi connectivity index (χ4v) is 3.88. The molecule has 3 aromatic rings. The highest BCUT2D eigenvalue weighted by Crippen LogP contribution is 2.24. The number of nitrogens with one attached hydrogen (secondary N) is 2. The number of amides is 2. The van der Waals surface area contributed by atoms with Gasteiger partial charge in [0.1, 0.15) is 0 Å². The van der Waals surface area contributed by atoms with Crippen LogP contribution in [0.1, 0.15) is 23.1 Å². The lowest BCUT2D eigenvalue weighted by molar-refractivity contribution is -0.128. The summed E-state index contributed by atoms with van der Waals surface area (Å²) in [7, 11) is 0. The van der Waals surface area contributed by atoms with Gasteiger partial charge in [-0.1, -0.05) is 30.3 Å². The highest BCUT2D eigenvalue weighted by Gasteiger charge is 2.34. The van der Waals surface area contributed by atoms with Crippen LogP contribution in [0.2, 0.25) is 0 Å². The van der Waals surface area contributed by atoms with E-state index in [4.69, 9.17) is 0 Å². The summed E-state index contributed by atoms with van der Waals surface area (Å²) in [5.74, 6) is -0.312. The molecule has 4 rings (SSSR count). The zero-order valence-electron chi connectivity index (χ0n) is 16.3. The summed E-state index contributed by atoms with van der Waals surface area (Å²) in [6.07, 6.45) is 3.07. The molecule has 0 radical (unpaired) electrons. The van der Waals surface area contributed by atoms with Crippen LogP contribution in [0.25, 0.3) is 10.9 Å². The maximum atomic E-state index is 12.7. The molecule has 1 aliphatic heterocycles. The lowest BCUT2D eigenvalue weighted by Gasteiger charge is -2.17. The van der Waals surface area contributed by atoms with E-state index in [0.717, 1.165) is 28.8 Å². The number of carbonyl (C=O) groups excluding carboxylic acids is 2. The van der Waals surface area contributed by atoms with Gasteiger partial charge < -0.3 is 15.2 Å². The van der Waals surface area contributed by atoms with Crippen LogP contribution in [0.15, 0.2) is 48.7 Å². The van der Waals surface area contributed by atoms with E-state index in [-0.39, 0.29) is 24.2 Å². The zero-order valence-corrected chi connectivity index (χ0v) is 16.3. The van der Waals surface area contributed by atoms with Crippen LogP contribution in [0.5, 0.6) is 0 Å². The lowest BCUT2D eigenvalue weighted by Crippen LogP contribution is -2.30. The number of nitrogens with zero attached hydrogens (tertiary/aromatic N) is 1. The molecule has 5 nitrogen and oxygen atoms in total. The smallest absolute Gasteiger partial charge is 0.229 e. The number of hydrogen-bond donors (Lipinski definition) is 2. The molecule has 0 spiro atoms. The van der Waals surface area contributed by atoms with Crippen molar-refractivity contribution in [2.75, 3.05) is 18.4 Å². The summed E-state index contributed by atoms with van der Waals surface area (Å²) in [6.45, 7) is 5.14. The normalized spacial score (nSPS) is 16.7. The van der Waals surface area contributed by atoms with Gasteiger partial charge in [-0.2, -0.15) is 0 Å². The predicted molar refractivity (Wildman–Crippen MR) is 111 cm³/mol. The van der Waals surface area contributed by atoms with E-state index in [2.05, 4.69) is 16.4 Å². The van der Waals surface area contributed by atoms with Crippen molar-refractivity contribution in [3.05, 3.63) is 65.4 Å².